The number of methoxy groups -OCH3 is 1. The maximum atomic E-state index is 11.4. The molecule has 1 aromatic rings. The molecule has 1 unspecified atom stereocenters. The summed E-state index contributed by atoms with van der Waals surface area (Å²) < 4.78 is 5.09. The van der Waals surface area contributed by atoms with Gasteiger partial charge >= 0.3 is 6.09 Å². The maximum absolute atomic E-state index is 11.4. The van der Waals surface area contributed by atoms with Gasteiger partial charge in [-0.3, -0.25) is 4.90 Å². The summed E-state index contributed by atoms with van der Waals surface area (Å²) in [5.41, 5.74) is -0.0335. The van der Waals surface area contributed by atoms with E-state index in [0.717, 1.165) is 0 Å². The van der Waals surface area contributed by atoms with E-state index in [-0.39, 0.29) is 13.0 Å². The highest BCUT2D eigenvalue weighted by atomic mass is 16.5. The molecule has 112 valence electrons. The van der Waals surface area contributed by atoms with Crippen molar-refractivity contribution in [1.29, 1.82) is 5.26 Å². The quantitative estimate of drug-likeness (QED) is 0.837. The van der Waals surface area contributed by atoms with E-state index in [4.69, 9.17) is 10.00 Å². The number of nitrogens with zero attached hydrogens (tertiary/aromatic N) is 2. The molecule has 2 rings (SSSR count). The van der Waals surface area contributed by atoms with Crippen LogP contribution in [0.3, 0.4) is 0 Å². The molecule has 6 heteroatoms. The van der Waals surface area contributed by atoms with Gasteiger partial charge in [0.1, 0.15) is 5.75 Å². The number of carboxylic acid groups (broad SMARTS) is 1. The van der Waals surface area contributed by atoms with Crippen LogP contribution in [-0.2, 0) is 0 Å². The maximum Gasteiger partial charge on any atom is 0.407 e. The predicted molar refractivity (Wildman–Crippen MR) is 74.9 cm³/mol. The lowest BCUT2D eigenvalue weighted by molar-refractivity contribution is 0.0704. The van der Waals surface area contributed by atoms with E-state index >= 15 is 0 Å². The third-order valence-electron chi connectivity index (χ3n) is 3.87. The first-order valence-corrected chi connectivity index (χ1v) is 6.72. The van der Waals surface area contributed by atoms with Crippen molar-refractivity contribution in [3.63, 3.8) is 0 Å². The molecular weight excluding hydrogens is 272 g/mol. The second-order valence-electron chi connectivity index (χ2n) is 5.24. The molecule has 1 saturated carbocycles. The monoisotopic (exact) mass is 290 g/mol. The fourth-order valence-corrected chi connectivity index (χ4v) is 2.44. The fourth-order valence-electron chi connectivity index (χ4n) is 2.44. The molecule has 0 aliphatic heterocycles. The second kappa shape index (κ2) is 6.02. The highest BCUT2D eigenvalue weighted by Gasteiger charge is 2.50. The summed E-state index contributed by atoms with van der Waals surface area (Å²) in [7, 11) is 1.53. The van der Waals surface area contributed by atoms with Gasteiger partial charge in [0.05, 0.1) is 37.8 Å². The van der Waals surface area contributed by atoms with Crippen molar-refractivity contribution in [1.82, 2.24) is 4.90 Å². The average Bonchev–Trinajstić information content (AvgIpc) is 3.25. The number of amides is 1. The Labute approximate surface area is 123 Å². The first-order chi connectivity index (χ1) is 10.0. The van der Waals surface area contributed by atoms with Gasteiger partial charge in [-0.1, -0.05) is 12.1 Å². The van der Waals surface area contributed by atoms with Gasteiger partial charge < -0.3 is 14.9 Å². The molecule has 0 bridgehead atoms. The fraction of sp³-hybridized carbons (Fsp3) is 0.467. The van der Waals surface area contributed by atoms with Crippen LogP contribution < -0.4 is 4.74 Å². The van der Waals surface area contributed by atoms with Crippen molar-refractivity contribution in [2.45, 2.75) is 30.9 Å². The van der Waals surface area contributed by atoms with E-state index < -0.39 is 17.7 Å². The highest BCUT2D eigenvalue weighted by molar-refractivity contribution is 5.67. The Bertz CT molecular complexity index is 563. The van der Waals surface area contributed by atoms with Crippen LogP contribution >= 0.6 is 0 Å². The summed E-state index contributed by atoms with van der Waals surface area (Å²) in [6.45, 7) is -0.0514. The third-order valence-corrected chi connectivity index (χ3v) is 3.87. The number of rotatable bonds is 6. The normalized spacial score (nSPS) is 16.6. The third kappa shape index (κ3) is 3.26. The molecule has 1 atom stereocenters. The molecule has 2 N–H and O–H groups in total. The Morgan fingerprint density at radius 2 is 2.29 bits per heavy atom. The Morgan fingerprint density at radius 3 is 2.81 bits per heavy atom. The van der Waals surface area contributed by atoms with Gasteiger partial charge in [-0.05, 0) is 30.5 Å². The molecule has 1 aliphatic rings. The lowest BCUT2D eigenvalue weighted by Crippen LogP contribution is -2.43. The molecule has 1 fully saturated rings. The Hall–Kier alpha value is -2.26. The van der Waals surface area contributed by atoms with Crippen molar-refractivity contribution in [3.05, 3.63) is 29.8 Å². The number of hydrogen-bond donors (Lipinski definition) is 2. The molecule has 1 aromatic carbocycles. The van der Waals surface area contributed by atoms with Crippen molar-refractivity contribution >= 4 is 6.09 Å². The van der Waals surface area contributed by atoms with Gasteiger partial charge in [0, 0.05) is 0 Å². The van der Waals surface area contributed by atoms with Crippen LogP contribution in [0.5, 0.6) is 5.75 Å². The van der Waals surface area contributed by atoms with Crippen LogP contribution in [0.15, 0.2) is 24.3 Å². The molecule has 0 radical (unpaired) electrons. The number of nitriles is 1. The van der Waals surface area contributed by atoms with E-state index in [9.17, 15) is 15.0 Å². The number of aliphatic hydroxyl groups excluding tert-OH is 1. The Morgan fingerprint density at radius 1 is 1.57 bits per heavy atom. The van der Waals surface area contributed by atoms with E-state index in [1.54, 1.807) is 24.3 Å². The van der Waals surface area contributed by atoms with Crippen LogP contribution in [0.25, 0.3) is 0 Å². The molecule has 0 spiro atoms. The number of benzene rings is 1. The summed E-state index contributed by atoms with van der Waals surface area (Å²) in [6.07, 6.45) is -0.573. The predicted octanol–water partition coefficient (Wildman–Crippen LogP) is 2.15. The SMILES string of the molecule is COc1cccc(C(O)CN(C(=O)O)C2(CC#N)CC2)c1. The second-order valence-corrected chi connectivity index (χ2v) is 5.24. The number of ether oxygens (including phenoxy) is 1. The summed E-state index contributed by atoms with van der Waals surface area (Å²) in [4.78, 5) is 12.6. The minimum atomic E-state index is -1.11. The number of aliphatic hydroxyl groups is 1. The smallest absolute Gasteiger partial charge is 0.407 e. The largest absolute Gasteiger partial charge is 0.497 e. The summed E-state index contributed by atoms with van der Waals surface area (Å²) >= 11 is 0. The van der Waals surface area contributed by atoms with E-state index in [0.29, 0.717) is 24.2 Å². The van der Waals surface area contributed by atoms with Gasteiger partial charge in [-0.15, -0.1) is 0 Å². The van der Waals surface area contributed by atoms with Crippen LogP contribution in [-0.4, -0.2) is 40.4 Å². The lowest BCUT2D eigenvalue weighted by Gasteiger charge is -2.29. The van der Waals surface area contributed by atoms with Gasteiger partial charge in [0.25, 0.3) is 0 Å². The lowest BCUT2D eigenvalue weighted by atomic mass is 10.1. The van der Waals surface area contributed by atoms with Gasteiger partial charge in [0.15, 0.2) is 0 Å². The molecule has 1 aliphatic carbocycles. The zero-order valence-corrected chi connectivity index (χ0v) is 11.8. The molecule has 21 heavy (non-hydrogen) atoms. The minimum absolute atomic E-state index is 0.0514. The van der Waals surface area contributed by atoms with E-state index in [1.165, 1.54) is 12.0 Å². The highest BCUT2D eigenvalue weighted by Crippen LogP contribution is 2.45. The Balaban J connectivity index is 2.13. The molecule has 1 amide bonds. The van der Waals surface area contributed by atoms with Crippen molar-refractivity contribution in [2.75, 3.05) is 13.7 Å². The molecule has 0 heterocycles. The zero-order valence-electron chi connectivity index (χ0n) is 11.8. The molecule has 6 nitrogen and oxygen atoms in total. The molecular formula is C15H18N2O4. The zero-order chi connectivity index (χ0) is 15.5. The molecule has 0 aromatic heterocycles. The van der Waals surface area contributed by atoms with Crippen molar-refractivity contribution < 1.29 is 19.7 Å². The van der Waals surface area contributed by atoms with Crippen LogP contribution in [0.2, 0.25) is 0 Å². The number of β-amino-alcohol motifs (C(OH)–C–C–N with tert-alkyl or cyclic N) is 1. The first kappa shape index (κ1) is 15.1. The first-order valence-electron chi connectivity index (χ1n) is 6.72. The summed E-state index contributed by atoms with van der Waals surface area (Å²) in [5, 5.41) is 28.5. The van der Waals surface area contributed by atoms with Gasteiger partial charge in [0.2, 0.25) is 0 Å². The van der Waals surface area contributed by atoms with Gasteiger partial charge in [-0.2, -0.15) is 5.26 Å². The topological polar surface area (TPSA) is 93.8 Å². The van der Waals surface area contributed by atoms with Crippen molar-refractivity contribution in [2.24, 2.45) is 0 Å². The van der Waals surface area contributed by atoms with E-state index in [1.807, 2.05) is 6.07 Å². The molecule has 0 saturated heterocycles. The summed E-state index contributed by atoms with van der Waals surface area (Å²) in [6, 6.07) is 8.92. The summed E-state index contributed by atoms with van der Waals surface area (Å²) in [5.74, 6) is 0.603. The van der Waals surface area contributed by atoms with Crippen LogP contribution in [0, 0.1) is 11.3 Å². The Kier molecular flexibility index (Phi) is 4.34. The van der Waals surface area contributed by atoms with Gasteiger partial charge in [-0.25, -0.2) is 4.79 Å². The number of hydrogen-bond acceptors (Lipinski definition) is 4. The van der Waals surface area contributed by atoms with E-state index in [2.05, 4.69) is 0 Å². The average molecular weight is 290 g/mol. The van der Waals surface area contributed by atoms with Crippen molar-refractivity contribution in [3.8, 4) is 11.8 Å². The standard InChI is InChI=1S/C15H18N2O4/c1-21-12-4-2-3-11(9-12)13(18)10-17(14(19)20)15(5-6-15)7-8-16/h2-4,9,13,18H,5-7,10H2,1H3,(H,19,20). The van der Waals surface area contributed by atoms with Crippen LogP contribution in [0.1, 0.15) is 30.9 Å². The minimum Gasteiger partial charge on any atom is -0.497 e. The number of carbonyl (C=O) groups is 1. The van der Waals surface area contributed by atoms with Crippen LogP contribution in [0.4, 0.5) is 4.79 Å².